The molecule has 0 aliphatic heterocycles. The molecule has 1 aromatic carbocycles. The van der Waals surface area contributed by atoms with Gasteiger partial charge in [0.25, 0.3) is 0 Å². The molecule has 102 valence electrons. The maximum Gasteiger partial charge on any atom is 0.184 e. The minimum atomic E-state index is 0.252. The third-order valence-electron chi connectivity index (χ3n) is 3.20. The summed E-state index contributed by atoms with van der Waals surface area (Å²) >= 11 is 0. The standard InChI is InChI=1S/C13H20N6/c1-3-4-5-9(2)19-13(16-17-18-19)11-7-6-10(14)8-12(11)15/h6-9H,3-5,14-15H2,1-2H3. The molecule has 19 heavy (non-hydrogen) atoms. The van der Waals surface area contributed by atoms with E-state index in [-0.39, 0.29) is 6.04 Å². The predicted octanol–water partition coefficient (Wildman–Crippen LogP) is 2.26. The number of nitrogens with zero attached hydrogens (tertiary/aromatic N) is 4. The van der Waals surface area contributed by atoms with Crippen LogP contribution in [0.4, 0.5) is 11.4 Å². The Bertz CT molecular complexity index is 548. The highest BCUT2D eigenvalue weighted by molar-refractivity contribution is 5.74. The molecule has 6 nitrogen and oxygen atoms in total. The van der Waals surface area contributed by atoms with Crippen molar-refractivity contribution in [3.05, 3.63) is 18.2 Å². The normalized spacial score (nSPS) is 12.5. The molecular weight excluding hydrogens is 240 g/mol. The van der Waals surface area contributed by atoms with Crippen molar-refractivity contribution < 1.29 is 0 Å². The van der Waals surface area contributed by atoms with E-state index in [4.69, 9.17) is 11.5 Å². The van der Waals surface area contributed by atoms with Gasteiger partial charge >= 0.3 is 0 Å². The van der Waals surface area contributed by atoms with Gasteiger partial charge in [-0.2, -0.15) is 0 Å². The van der Waals surface area contributed by atoms with Gasteiger partial charge in [-0.05, 0) is 42.0 Å². The largest absolute Gasteiger partial charge is 0.399 e. The molecule has 0 saturated carbocycles. The van der Waals surface area contributed by atoms with Crippen LogP contribution in [0.2, 0.25) is 0 Å². The van der Waals surface area contributed by atoms with E-state index in [1.807, 2.05) is 10.7 Å². The lowest BCUT2D eigenvalue weighted by molar-refractivity contribution is 0.437. The Morgan fingerprint density at radius 1 is 1.32 bits per heavy atom. The smallest absolute Gasteiger partial charge is 0.184 e. The summed E-state index contributed by atoms with van der Waals surface area (Å²) in [5, 5.41) is 11.9. The number of hydrogen-bond donors (Lipinski definition) is 2. The van der Waals surface area contributed by atoms with Crippen LogP contribution in [0.1, 0.15) is 39.2 Å². The van der Waals surface area contributed by atoms with Crippen molar-refractivity contribution in [3.63, 3.8) is 0 Å². The number of aromatic nitrogens is 4. The lowest BCUT2D eigenvalue weighted by atomic mass is 10.1. The van der Waals surface area contributed by atoms with Crippen molar-refractivity contribution in [1.29, 1.82) is 0 Å². The van der Waals surface area contributed by atoms with Crippen LogP contribution in [0.5, 0.6) is 0 Å². The lowest BCUT2D eigenvalue weighted by Crippen LogP contribution is -2.10. The molecule has 0 aliphatic rings. The molecule has 0 aliphatic carbocycles. The third kappa shape index (κ3) is 2.83. The first-order valence-electron chi connectivity index (χ1n) is 6.56. The summed E-state index contributed by atoms with van der Waals surface area (Å²) in [5.74, 6) is 0.695. The number of nitrogens with two attached hydrogens (primary N) is 2. The van der Waals surface area contributed by atoms with Crippen LogP contribution in [0.3, 0.4) is 0 Å². The number of hydrogen-bond acceptors (Lipinski definition) is 5. The fourth-order valence-corrected chi connectivity index (χ4v) is 2.07. The summed E-state index contributed by atoms with van der Waals surface area (Å²) in [6, 6.07) is 5.65. The second kappa shape index (κ2) is 5.69. The maximum absolute atomic E-state index is 5.99. The summed E-state index contributed by atoms with van der Waals surface area (Å²) in [6.07, 6.45) is 3.35. The zero-order valence-corrected chi connectivity index (χ0v) is 11.4. The summed E-state index contributed by atoms with van der Waals surface area (Å²) in [5.41, 5.74) is 13.8. The van der Waals surface area contributed by atoms with Gasteiger partial charge in [0.15, 0.2) is 5.82 Å². The minimum absolute atomic E-state index is 0.252. The molecule has 1 aromatic heterocycles. The van der Waals surface area contributed by atoms with Crippen molar-refractivity contribution in [2.24, 2.45) is 0 Å². The lowest BCUT2D eigenvalue weighted by Gasteiger charge is -2.13. The molecule has 0 fully saturated rings. The number of unbranched alkanes of at least 4 members (excludes halogenated alkanes) is 1. The molecule has 1 heterocycles. The number of rotatable bonds is 5. The Labute approximate surface area is 112 Å². The van der Waals surface area contributed by atoms with Crippen LogP contribution < -0.4 is 11.5 Å². The first-order chi connectivity index (χ1) is 9.13. The van der Waals surface area contributed by atoms with Crippen LogP contribution >= 0.6 is 0 Å². The molecule has 4 N–H and O–H groups in total. The van der Waals surface area contributed by atoms with Gasteiger partial charge in [0, 0.05) is 16.9 Å². The van der Waals surface area contributed by atoms with Crippen LogP contribution in [-0.4, -0.2) is 20.2 Å². The van der Waals surface area contributed by atoms with Crippen molar-refractivity contribution >= 4 is 11.4 Å². The van der Waals surface area contributed by atoms with Crippen molar-refractivity contribution in [3.8, 4) is 11.4 Å². The van der Waals surface area contributed by atoms with Crippen molar-refractivity contribution in [2.75, 3.05) is 11.5 Å². The molecule has 0 bridgehead atoms. The Kier molecular flexibility index (Phi) is 3.99. The molecule has 6 heteroatoms. The molecule has 0 saturated heterocycles. The van der Waals surface area contributed by atoms with Crippen LogP contribution in [-0.2, 0) is 0 Å². The predicted molar refractivity (Wildman–Crippen MR) is 76.3 cm³/mol. The molecular formula is C13H20N6. The highest BCUT2D eigenvalue weighted by Gasteiger charge is 2.16. The second-order valence-corrected chi connectivity index (χ2v) is 4.78. The van der Waals surface area contributed by atoms with E-state index in [0.29, 0.717) is 17.2 Å². The van der Waals surface area contributed by atoms with E-state index < -0.39 is 0 Å². The topological polar surface area (TPSA) is 95.6 Å². The average molecular weight is 260 g/mol. The number of nitrogen functional groups attached to an aromatic ring is 2. The minimum Gasteiger partial charge on any atom is -0.399 e. The second-order valence-electron chi connectivity index (χ2n) is 4.78. The first-order valence-corrected chi connectivity index (χ1v) is 6.56. The fraction of sp³-hybridized carbons (Fsp3) is 0.462. The number of benzene rings is 1. The van der Waals surface area contributed by atoms with Gasteiger partial charge in [-0.15, -0.1) is 5.10 Å². The zero-order chi connectivity index (χ0) is 13.8. The highest BCUT2D eigenvalue weighted by Crippen LogP contribution is 2.28. The Hall–Kier alpha value is -2.11. The first kappa shape index (κ1) is 13.3. The van der Waals surface area contributed by atoms with E-state index in [9.17, 15) is 0 Å². The van der Waals surface area contributed by atoms with Gasteiger partial charge in [0.05, 0.1) is 6.04 Å². The van der Waals surface area contributed by atoms with Crippen molar-refractivity contribution in [2.45, 2.75) is 39.2 Å². The van der Waals surface area contributed by atoms with Gasteiger partial charge in [-0.1, -0.05) is 19.8 Å². The number of anilines is 2. The molecule has 0 spiro atoms. The molecule has 0 amide bonds. The van der Waals surface area contributed by atoms with Gasteiger partial charge in [-0.25, -0.2) is 4.68 Å². The van der Waals surface area contributed by atoms with E-state index in [2.05, 4.69) is 29.4 Å². The van der Waals surface area contributed by atoms with Gasteiger partial charge in [0.2, 0.25) is 0 Å². The zero-order valence-electron chi connectivity index (χ0n) is 11.4. The van der Waals surface area contributed by atoms with Crippen LogP contribution in [0.25, 0.3) is 11.4 Å². The molecule has 1 atom stereocenters. The number of tetrazole rings is 1. The quantitative estimate of drug-likeness (QED) is 0.804. The summed E-state index contributed by atoms with van der Waals surface area (Å²) in [4.78, 5) is 0. The average Bonchev–Trinajstić information content (AvgIpc) is 2.85. The Morgan fingerprint density at radius 2 is 2.11 bits per heavy atom. The molecule has 1 unspecified atom stereocenters. The van der Waals surface area contributed by atoms with Gasteiger partial charge in [0.1, 0.15) is 0 Å². The van der Waals surface area contributed by atoms with Crippen molar-refractivity contribution in [1.82, 2.24) is 20.2 Å². The molecule has 2 aromatic rings. The highest BCUT2D eigenvalue weighted by atomic mass is 15.5. The summed E-state index contributed by atoms with van der Waals surface area (Å²) in [7, 11) is 0. The van der Waals surface area contributed by atoms with E-state index >= 15 is 0 Å². The SMILES string of the molecule is CCCCC(C)n1nnnc1-c1ccc(N)cc1N. The van der Waals surface area contributed by atoms with E-state index in [1.54, 1.807) is 12.1 Å². The fourth-order valence-electron chi connectivity index (χ4n) is 2.07. The van der Waals surface area contributed by atoms with Gasteiger partial charge in [-0.3, -0.25) is 0 Å². The monoisotopic (exact) mass is 260 g/mol. The van der Waals surface area contributed by atoms with Crippen LogP contribution in [0.15, 0.2) is 18.2 Å². The third-order valence-corrected chi connectivity index (χ3v) is 3.20. The maximum atomic E-state index is 5.99. The van der Waals surface area contributed by atoms with Crippen LogP contribution in [0, 0.1) is 0 Å². The van der Waals surface area contributed by atoms with E-state index in [0.717, 1.165) is 24.8 Å². The Morgan fingerprint density at radius 3 is 2.79 bits per heavy atom. The van der Waals surface area contributed by atoms with Gasteiger partial charge < -0.3 is 11.5 Å². The summed E-state index contributed by atoms with van der Waals surface area (Å²) < 4.78 is 1.83. The summed E-state index contributed by atoms with van der Waals surface area (Å²) in [6.45, 7) is 4.29. The molecule has 2 rings (SSSR count). The Balaban J connectivity index is 2.33. The molecule has 0 radical (unpaired) electrons. The van der Waals surface area contributed by atoms with E-state index in [1.165, 1.54) is 0 Å².